The summed E-state index contributed by atoms with van der Waals surface area (Å²) in [6, 6.07) is 19.2. The molecular weight excluding hydrogens is 460 g/mol. The Bertz CT molecular complexity index is 1360. The number of methoxy groups -OCH3 is 2. The van der Waals surface area contributed by atoms with Crippen LogP contribution in [0.3, 0.4) is 0 Å². The Morgan fingerprint density at radius 3 is 2.42 bits per heavy atom. The fraction of sp³-hybridized carbons (Fsp3) is 0.250. The quantitative estimate of drug-likeness (QED) is 0.492. The van der Waals surface area contributed by atoms with Crippen LogP contribution in [0.4, 0.5) is 5.69 Å². The molecule has 0 aliphatic carbocycles. The van der Waals surface area contributed by atoms with Crippen LogP contribution in [0.1, 0.15) is 35.3 Å². The first-order valence-corrected chi connectivity index (χ1v) is 11.6. The molecule has 36 heavy (non-hydrogen) atoms. The summed E-state index contributed by atoms with van der Waals surface area (Å²) in [4.78, 5) is 33.6. The first-order valence-electron chi connectivity index (χ1n) is 11.6. The second-order valence-corrected chi connectivity index (χ2v) is 8.86. The molecule has 0 saturated heterocycles. The molecule has 0 saturated carbocycles. The summed E-state index contributed by atoms with van der Waals surface area (Å²) in [5.74, 6) is -0.162. The number of hydrogen-bond donors (Lipinski definition) is 1. The Labute approximate surface area is 208 Å². The molecule has 0 aromatic heterocycles. The molecule has 1 amide bonds. The van der Waals surface area contributed by atoms with E-state index in [9.17, 15) is 9.59 Å². The Hall–Kier alpha value is -4.33. The van der Waals surface area contributed by atoms with Gasteiger partial charge in [-0.3, -0.25) is 9.59 Å². The van der Waals surface area contributed by atoms with E-state index >= 15 is 0 Å². The van der Waals surface area contributed by atoms with Crippen LogP contribution >= 0.6 is 0 Å². The van der Waals surface area contributed by atoms with Gasteiger partial charge >= 0.3 is 0 Å². The van der Waals surface area contributed by atoms with E-state index in [4.69, 9.17) is 19.0 Å². The smallest absolute Gasteiger partial charge is 0.277 e. The number of nitrogens with zero attached hydrogens (tertiary/aromatic N) is 1. The minimum absolute atomic E-state index is 0.00184. The molecule has 2 atom stereocenters. The molecule has 3 aromatic rings. The van der Waals surface area contributed by atoms with Crippen molar-refractivity contribution in [3.8, 4) is 17.2 Å². The minimum Gasteiger partial charge on any atom is -0.497 e. The number of hydrogen-bond acceptors (Lipinski definition) is 7. The van der Waals surface area contributed by atoms with Crippen molar-refractivity contribution in [2.24, 2.45) is 11.1 Å². The number of rotatable bonds is 7. The zero-order valence-electron chi connectivity index (χ0n) is 20.4. The number of benzene rings is 3. The van der Waals surface area contributed by atoms with Crippen molar-refractivity contribution in [3.63, 3.8) is 0 Å². The number of ether oxygens (including phenoxy) is 3. The van der Waals surface area contributed by atoms with E-state index in [-0.39, 0.29) is 11.9 Å². The SMILES string of the molecule is COc1ccc(C2=NO[C@]3(C(=O)Nc4ccccc43)[C@H]2C(=O)c2ccc(OC(C)C)cc2)c(OC)c1. The number of carbonyl (C=O) groups excluding carboxylic acids is 2. The average Bonchev–Trinajstić information content (AvgIpc) is 3.42. The number of para-hydroxylation sites is 1. The van der Waals surface area contributed by atoms with Crippen LogP contribution < -0.4 is 19.5 Å². The van der Waals surface area contributed by atoms with Gasteiger partial charge in [-0.15, -0.1) is 0 Å². The summed E-state index contributed by atoms with van der Waals surface area (Å²) < 4.78 is 16.6. The Balaban J connectivity index is 1.64. The van der Waals surface area contributed by atoms with Gasteiger partial charge in [0.1, 0.15) is 28.9 Å². The number of ketones is 1. The zero-order valence-corrected chi connectivity index (χ0v) is 20.4. The van der Waals surface area contributed by atoms with Crippen molar-refractivity contribution in [1.29, 1.82) is 0 Å². The van der Waals surface area contributed by atoms with Gasteiger partial charge in [0.25, 0.3) is 11.5 Å². The standard InChI is InChI=1S/C28H26N2O6/c1-16(2)35-18-11-9-17(10-12-18)26(31)24-25(20-14-13-19(33-3)15-23(20)34-4)30-36-28(24)21-7-5-6-8-22(21)29-27(28)32/h5-16,24H,1-4H3,(H,29,32)/t24-,28+/m1/s1. The molecule has 5 rings (SSSR count). The van der Waals surface area contributed by atoms with Crippen LogP contribution in [0, 0.1) is 5.92 Å². The maximum Gasteiger partial charge on any atom is 0.277 e. The minimum atomic E-state index is -1.65. The summed E-state index contributed by atoms with van der Waals surface area (Å²) in [5, 5.41) is 7.18. The van der Waals surface area contributed by atoms with Gasteiger partial charge < -0.3 is 24.4 Å². The van der Waals surface area contributed by atoms with Gasteiger partial charge in [-0.1, -0.05) is 23.4 Å². The molecule has 8 heteroatoms. The molecule has 0 bridgehead atoms. The van der Waals surface area contributed by atoms with Crippen LogP contribution in [0.2, 0.25) is 0 Å². The number of fused-ring (bicyclic) bond motifs is 2. The molecule has 184 valence electrons. The van der Waals surface area contributed by atoms with Gasteiger partial charge in [0, 0.05) is 28.4 Å². The van der Waals surface area contributed by atoms with E-state index in [0.29, 0.717) is 45.3 Å². The van der Waals surface area contributed by atoms with Crippen molar-refractivity contribution in [2.45, 2.75) is 25.6 Å². The molecule has 2 aliphatic rings. The fourth-order valence-electron chi connectivity index (χ4n) is 4.71. The Morgan fingerprint density at radius 1 is 1.00 bits per heavy atom. The van der Waals surface area contributed by atoms with E-state index in [1.165, 1.54) is 7.11 Å². The van der Waals surface area contributed by atoms with Crippen molar-refractivity contribution in [1.82, 2.24) is 0 Å². The van der Waals surface area contributed by atoms with Crippen LogP contribution in [0.5, 0.6) is 17.2 Å². The summed E-state index contributed by atoms with van der Waals surface area (Å²) in [5.41, 5.74) is 0.720. The summed E-state index contributed by atoms with van der Waals surface area (Å²) in [6.07, 6.45) is -0.00184. The molecule has 0 fully saturated rings. The van der Waals surface area contributed by atoms with Crippen LogP contribution in [-0.2, 0) is 15.2 Å². The topological polar surface area (TPSA) is 95.5 Å². The van der Waals surface area contributed by atoms with Gasteiger partial charge in [-0.05, 0) is 56.3 Å². The third-order valence-corrected chi connectivity index (χ3v) is 6.34. The van der Waals surface area contributed by atoms with Crippen molar-refractivity contribution in [2.75, 3.05) is 19.5 Å². The highest BCUT2D eigenvalue weighted by Gasteiger charge is 2.63. The van der Waals surface area contributed by atoms with E-state index in [1.54, 1.807) is 67.8 Å². The van der Waals surface area contributed by atoms with E-state index in [2.05, 4.69) is 10.5 Å². The highest BCUT2D eigenvalue weighted by atomic mass is 16.7. The Kier molecular flexibility index (Phi) is 5.88. The normalized spacial score (nSPS) is 20.0. The van der Waals surface area contributed by atoms with Crippen molar-refractivity contribution < 1.29 is 28.6 Å². The van der Waals surface area contributed by atoms with Gasteiger partial charge in [-0.25, -0.2) is 0 Å². The fourth-order valence-corrected chi connectivity index (χ4v) is 4.71. The summed E-state index contributed by atoms with van der Waals surface area (Å²) >= 11 is 0. The molecule has 0 unspecified atom stereocenters. The second-order valence-electron chi connectivity index (χ2n) is 8.86. The van der Waals surface area contributed by atoms with E-state index in [0.717, 1.165) is 0 Å². The highest BCUT2D eigenvalue weighted by molar-refractivity contribution is 6.25. The monoisotopic (exact) mass is 486 g/mol. The molecule has 3 aromatic carbocycles. The predicted molar refractivity (Wildman–Crippen MR) is 134 cm³/mol. The first-order chi connectivity index (χ1) is 17.4. The lowest BCUT2D eigenvalue weighted by molar-refractivity contribution is -0.140. The number of oxime groups is 1. The number of nitrogens with one attached hydrogen (secondary N) is 1. The lowest BCUT2D eigenvalue weighted by Gasteiger charge is -2.27. The lowest BCUT2D eigenvalue weighted by atomic mass is 9.74. The van der Waals surface area contributed by atoms with Gasteiger partial charge in [0.05, 0.1) is 20.3 Å². The third kappa shape index (κ3) is 3.66. The Morgan fingerprint density at radius 2 is 1.72 bits per heavy atom. The van der Waals surface area contributed by atoms with E-state index < -0.39 is 17.4 Å². The maximum atomic E-state index is 14.2. The van der Waals surface area contributed by atoms with Gasteiger partial charge in [0.15, 0.2) is 5.78 Å². The first kappa shape index (κ1) is 23.4. The van der Waals surface area contributed by atoms with Crippen molar-refractivity contribution >= 4 is 23.1 Å². The average molecular weight is 487 g/mol. The van der Waals surface area contributed by atoms with Crippen LogP contribution in [0.25, 0.3) is 0 Å². The highest BCUT2D eigenvalue weighted by Crippen LogP contribution is 2.50. The van der Waals surface area contributed by atoms with Crippen LogP contribution in [0.15, 0.2) is 71.9 Å². The molecule has 2 aliphatic heterocycles. The van der Waals surface area contributed by atoms with Gasteiger partial charge in [-0.2, -0.15) is 0 Å². The molecule has 1 spiro atoms. The number of amides is 1. The predicted octanol–water partition coefficient (Wildman–Crippen LogP) is 4.57. The molecule has 8 nitrogen and oxygen atoms in total. The molecular formula is C28H26N2O6. The van der Waals surface area contributed by atoms with E-state index in [1.807, 2.05) is 19.9 Å². The second kappa shape index (κ2) is 9.03. The number of anilines is 1. The maximum absolute atomic E-state index is 14.2. The number of carbonyl (C=O) groups is 2. The van der Waals surface area contributed by atoms with Crippen molar-refractivity contribution in [3.05, 3.63) is 83.4 Å². The molecule has 1 N–H and O–H groups in total. The summed E-state index contributed by atoms with van der Waals surface area (Å²) in [6.45, 7) is 3.86. The molecule has 0 radical (unpaired) electrons. The van der Waals surface area contributed by atoms with Gasteiger partial charge in [0.2, 0.25) is 0 Å². The molecule has 2 heterocycles. The lowest BCUT2D eigenvalue weighted by Crippen LogP contribution is -2.46. The third-order valence-electron chi connectivity index (χ3n) is 6.34. The summed E-state index contributed by atoms with van der Waals surface area (Å²) in [7, 11) is 3.07. The number of Topliss-reactive ketones (excluding diaryl/α,β-unsaturated/α-hetero) is 1. The zero-order chi connectivity index (χ0) is 25.4. The van der Waals surface area contributed by atoms with Crippen LogP contribution in [-0.4, -0.2) is 37.7 Å². The largest absolute Gasteiger partial charge is 0.497 e.